The number of nitrogens with zero attached hydrogens (tertiary/aromatic N) is 1. The molecule has 3 nitrogen and oxygen atoms in total. The molecular weight excluding hydrogens is 258 g/mol. The molecule has 1 aliphatic heterocycles. The van der Waals surface area contributed by atoms with Crippen LogP contribution in [0.5, 0.6) is 0 Å². The summed E-state index contributed by atoms with van der Waals surface area (Å²) >= 11 is 3.32. The Morgan fingerprint density at radius 3 is 2.73 bits per heavy atom. The predicted molar refractivity (Wildman–Crippen MR) is 60.7 cm³/mol. The van der Waals surface area contributed by atoms with Crippen molar-refractivity contribution in [1.29, 1.82) is 0 Å². The van der Waals surface area contributed by atoms with Gasteiger partial charge >= 0.3 is 0 Å². The molecule has 0 spiro atoms. The average Bonchev–Trinajstić information content (AvgIpc) is 2.13. The molecule has 0 unspecified atom stereocenters. The highest BCUT2D eigenvalue weighted by molar-refractivity contribution is 9.10. The van der Waals surface area contributed by atoms with E-state index in [4.69, 9.17) is 0 Å². The highest BCUT2D eigenvalue weighted by Gasteiger charge is 2.39. The molecule has 0 aliphatic carbocycles. The summed E-state index contributed by atoms with van der Waals surface area (Å²) in [5, 5.41) is 9.53. The van der Waals surface area contributed by atoms with Gasteiger partial charge in [-0.2, -0.15) is 0 Å². The molecule has 1 N–H and O–H groups in total. The topological polar surface area (TPSA) is 40.5 Å². The predicted octanol–water partition coefficient (Wildman–Crippen LogP) is 1.66. The third-order valence-electron chi connectivity index (χ3n) is 2.42. The van der Waals surface area contributed by atoms with Gasteiger partial charge in [0.1, 0.15) is 0 Å². The lowest BCUT2D eigenvalue weighted by molar-refractivity contribution is -0.0668. The van der Waals surface area contributed by atoms with E-state index >= 15 is 0 Å². The molecule has 1 saturated heterocycles. The van der Waals surface area contributed by atoms with Crippen LogP contribution in [0.2, 0.25) is 0 Å². The fourth-order valence-electron chi connectivity index (χ4n) is 1.72. The number of likely N-dealkylation sites (tertiary alicyclic amines) is 1. The SMILES string of the molecule is CC1(O)CN(C(=O)c2cccc(Br)c2)C1. The Balaban J connectivity index is 2.10. The number of carbonyl (C=O) groups is 1. The van der Waals surface area contributed by atoms with Crippen molar-refractivity contribution in [3.63, 3.8) is 0 Å². The zero-order valence-electron chi connectivity index (χ0n) is 8.40. The van der Waals surface area contributed by atoms with E-state index in [0.717, 1.165) is 4.47 Å². The van der Waals surface area contributed by atoms with Crippen LogP contribution in [0.1, 0.15) is 17.3 Å². The molecule has 4 heteroatoms. The lowest BCUT2D eigenvalue weighted by Crippen LogP contribution is -2.61. The van der Waals surface area contributed by atoms with Crippen LogP contribution in [0.4, 0.5) is 0 Å². The van der Waals surface area contributed by atoms with Crippen LogP contribution in [0, 0.1) is 0 Å². The molecule has 1 aliphatic rings. The number of halogens is 1. The van der Waals surface area contributed by atoms with Crippen LogP contribution < -0.4 is 0 Å². The lowest BCUT2D eigenvalue weighted by atomic mass is 9.96. The van der Waals surface area contributed by atoms with Crippen LogP contribution in [0.25, 0.3) is 0 Å². The fourth-order valence-corrected chi connectivity index (χ4v) is 2.12. The minimum atomic E-state index is -0.707. The molecule has 1 heterocycles. The van der Waals surface area contributed by atoms with E-state index in [9.17, 15) is 9.90 Å². The van der Waals surface area contributed by atoms with E-state index in [2.05, 4.69) is 15.9 Å². The number of β-amino-alcohol motifs (C(OH)–C–C–N with tert-alkyl or cyclic N) is 1. The van der Waals surface area contributed by atoms with E-state index < -0.39 is 5.60 Å². The smallest absolute Gasteiger partial charge is 0.254 e. The highest BCUT2D eigenvalue weighted by Crippen LogP contribution is 2.23. The van der Waals surface area contributed by atoms with Gasteiger partial charge < -0.3 is 10.0 Å². The van der Waals surface area contributed by atoms with Crippen molar-refractivity contribution < 1.29 is 9.90 Å². The molecule has 1 amide bonds. The minimum absolute atomic E-state index is 0.0252. The summed E-state index contributed by atoms with van der Waals surface area (Å²) in [6, 6.07) is 7.27. The molecule has 1 fully saturated rings. The first-order valence-corrected chi connectivity index (χ1v) is 5.54. The van der Waals surface area contributed by atoms with Crippen LogP contribution in [-0.4, -0.2) is 34.6 Å². The number of aliphatic hydroxyl groups is 1. The quantitative estimate of drug-likeness (QED) is 0.843. The van der Waals surface area contributed by atoms with E-state index in [1.165, 1.54) is 0 Å². The second-order valence-electron chi connectivity index (χ2n) is 4.17. The molecule has 0 atom stereocenters. The Morgan fingerprint density at radius 1 is 1.53 bits per heavy atom. The summed E-state index contributed by atoms with van der Waals surface area (Å²) in [6.45, 7) is 2.56. The van der Waals surface area contributed by atoms with Gasteiger partial charge in [-0.05, 0) is 25.1 Å². The fraction of sp³-hybridized carbons (Fsp3) is 0.364. The number of carbonyl (C=O) groups excluding carboxylic acids is 1. The highest BCUT2D eigenvalue weighted by atomic mass is 79.9. The molecule has 1 aromatic carbocycles. The number of amides is 1. The number of benzene rings is 1. The molecule has 0 radical (unpaired) electrons. The first-order valence-electron chi connectivity index (χ1n) is 4.75. The Hall–Kier alpha value is -0.870. The van der Waals surface area contributed by atoms with Crippen molar-refractivity contribution in [2.75, 3.05) is 13.1 Å². The van der Waals surface area contributed by atoms with Gasteiger partial charge in [-0.15, -0.1) is 0 Å². The zero-order chi connectivity index (χ0) is 11.1. The van der Waals surface area contributed by atoms with Crippen molar-refractivity contribution in [2.24, 2.45) is 0 Å². The lowest BCUT2D eigenvalue weighted by Gasteiger charge is -2.44. The second-order valence-corrected chi connectivity index (χ2v) is 5.08. The van der Waals surface area contributed by atoms with Crippen molar-refractivity contribution in [1.82, 2.24) is 4.90 Å². The molecule has 1 aromatic rings. The van der Waals surface area contributed by atoms with E-state index in [1.807, 2.05) is 12.1 Å². The largest absolute Gasteiger partial charge is 0.386 e. The summed E-state index contributed by atoms with van der Waals surface area (Å²) in [5.41, 5.74) is -0.0540. The van der Waals surface area contributed by atoms with Crippen molar-refractivity contribution in [3.05, 3.63) is 34.3 Å². The van der Waals surface area contributed by atoms with Gasteiger partial charge in [0.15, 0.2) is 0 Å². The number of hydrogen-bond acceptors (Lipinski definition) is 2. The second kappa shape index (κ2) is 3.61. The number of rotatable bonds is 1. The Kier molecular flexibility index (Phi) is 2.56. The van der Waals surface area contributed by atoms with Crippen LogP contribution >= 0.6 is 15.9 Å². The van der Waals surface area contributed by atoms with Gasteiger partial charge in [0.05, 0.1) is 18.7 Å². The van der Waals surface area contributed by atoms with Crippen molar-refractivity contribution in [2.45, 2.75) is 12.5 Å². The maximum Gasteiger partial charge on any atom is 0.254 e. The first kappa shape index (κ1) is 10.6. The van der Waals surface area contributed by atoms with Gasteiger partial charge in [0, 0.05) is 10.0 Å². The summed E-state index contributed by atoms with van der Waals surface area (Å²) in [7, 11) is 0. The van der Waals surface area contributed by atoms with E-state index in [0.29, 0.717) is 18.7 Å². The average molecular weight is 270 g/mol. The Morgan fingerprint density at radius 2 is 2.20 bits per heavy atom. The Bertz CT molecular complexity index is 395. The van der Waals surface area contributed by atoms with Gasteiger partial charge in [-0.25, -0.2) is 0 Å². The van der Waals surface area contributed by atoms with Gasteiger partial charge in [0.2, 0.25) is 0 Å². The van der Waals surface area contributed by atoms with Crippen LogP contribution in [0.3, 0.4) is 0 Å². The van der Waals surface area contributed by atoms with E-state index in [1.54, 1.807) is 24.0 Å². The van der Waals surface area contributed by atoms with Crippen LogP contribution in [0.15, 0.2) is 28.7 Å². The Labute approximate surface area is 96.8 Å². The zero-order valence-corrected chi connectivity index (χ0v) is 9.99. The van der Waals surface area contributed by atoms with E-state index in [-0.39, 0.29) is 5.91 Å². The summed E-state index contributed by atoms with van der Waals surface area (Å²) in [6.07, 6.45) is 0. The summed E-state index contributed by atoms with van der Waals surface area (Å²) in [4.78, 5) is 13.5. The maximum atomic E-state index is 11.9. The standard InChI is InChI=1S/C11H12BrNO2/c1-11(15)6-13(7-11)10(14)8-3-2-4-9(12)5-8/h2-5,15H,6-7H2,1H3. The maximum absolute atomic E-state index is 11.9. The third-order valence-corrected chi connectivity index (χ3v) is 2.92. The molecule has 80 valence electrons. The molecular formula is C11H12BrNO2. The molecule has 0 aromatic heterocycles. The van der Waals surface area contributed by atoms with Gasteiger partial charge in [-0.1, -0.05) is 22.0 Å². The minimum Gasteiger partial charge on any atom is -0.386 e. The number of hydrogen-bond donors (Lipinski definition) is 1. The normalized spacial score (nSPS) is 18.5. The molecule has 0 bridgehead atoms. The van der Waals surface area contributed by atoms with Crippen molar-refractivity contribution in [3.8, 4) is 0 Å². The first-order chi connectivity index (χ1) is 6.98. The summed E-state index contributed by atoms with van der Waals surface area (Å²) in [5.74, 6) is -0.0252. The molecule has 15 heavy (non-hydrogen) atoms. The monoisotopic (exact) mass is 269 g/mol. The van der Waals surface area contributed by atoms with Gasteiger partial charge in [0.25, 0.3) is 5.91 Å². The molecule has 0 saturated carbocycles. The van der Waals surface area contributed by atoms with Crippen molar-refractivity contribution >= 4 is 21.8 Å². The third kappa shape index (κ3) is 2.21. The van der Waals surface area contributed by atoms with Gasteiger partial charge in [-0.3, -0.25) is 4.79 Å². The summed E-state index contributed by atoms with van der Waals surface area (Å²) < 4.78 is 0.889. The van der Waals surface area contributed by atoms with Crippen LogP contribution in [-0.2, 0) is 0 Å². The molecule has 2 rings (SSSR count).